The SMILES string of the molecule is CCOc1ccc([C@H](C(=O)NC2CCCC2)N(CCOC)C(=O)Cc2cccs2)cc1. The van der Waals surface area contributed by atoms with Gasteiger partial charge in [0.25, 0.3) is 0 Å². The summed E-state index contributed by atoms with van der Waals surface area (Å²) in [6.07, 6.45) is 4.50. The van der Waals surface area contributed by atoms with Gasteiger partial charge in [-0.2, -0.15) is 0 Å². The van der Waals surface area contributed by atoms with E-state index < -0.39 is 6.04 Å². The first kappa shape index (κ1) is 23.3. The number of nitrogens with one attached hydrogen (secondary N) is 1. The average molecular weight is 445 g/mol. The lowest BCUT2D eigenvalue weighted by Gasteiger charge is -2.32. The van der Waals surface area contributed by atoms with Crippen molar-refractivity contribution in [3.8, 4) is 5.75 Å². The minimum Gasteiger partial charge on any atom is -0.494 e. The predicted octanol–water partition coefficient (Wildman–Crippen LogP) is 3.96. The smallest absolute Gasteiger partial charge is 0.247 e. The van der Waals surface area contributed by atoms with Crippen molar-refractivity contribution in [1.82, 2.24) is 10.2 Å². The van der Waals surface area contributed by atoms with Crippen molar-refractivity contribution in [2.75, 3.05) is 26.9 Å². The zero-order chi connectivity index (χ0) is 22.1. The zero-order valence-electron chi connectivity index (χ0n) is 18.3. The number of hydrogen-bond donors (Lipinski definition) is 1. The Labute approximate surface area is 188 Å². The molecule has 1 aromatic carbocycles. The summed E-state index contributed by atoms with van der Waals surface area (Å²) in [5.74, 6) is 0.529. The number of carbonyl (C=O) groups is 2. The van der Waals surface area contributed by atoms with Crippen LogP contribution in [-0.2, 0) is 20.7 Å². The monoisotopic (exact) mass is 444 g/mol. The van der Waals surface area contributed by atoms with E-state index in [1.54, 1.807) is 23.3 Å². The molecule has 2 aromatic rings. The largest absolute Gasteiger partial charge is 0.494 e. The summed E-state index contributed by atoms with van der Waals surface area (Å²) in [7, 11) is 1.60. The molecule has 0 spiro atoms. The molecule has 1 saturated carbocycles. The summed E-state index contributed by atoms with van der Waals surface area (Å²) in [4.78, 5) is 29.4. The van der Waals surface area contributed by atoms with Gasteiger partial charge in [0.15, 0.2) is 0 Å². The minimum absolute atomic E-state index is 0.0834. The van der Waals surface area contributed by atoms with E-state index >= 15 is 0 Å². The van der Waals surface area contributed by atoms with Gasteiger partial charge in [-0.15, -0.1) is 11.3 Å². The summed E-state index contributed by atoms with van der Waals surface area (Å²) in [6, 6.07) is 10.8. The van der Waals surface area contributed by atoms with Gasteiger partial charge in [-0.25, -0.2) is 0 Å². The molecule has 0 bridgehead atoms. The molecule has 0 unspecified atom stereocenters. The van der Waals surface area contributed by atoms with Gasteiger partial charge in [-0.05, 0) is 48.9 Å². The van der Waals surface area contributed by atoms with Crippen molar-refractivity contribution < 1.29 is 19.1 Å². The van der Waals surface area contributed by atoms with Crippen molar-refractivity contribution in [3.63, 3.8) is 0 Å². The molecule has 1 aromatic heterocycles. The molecule has 1 heterocycles. The molecule has 6 nitrogen and oxygen atoms in total. The summed E-state index contributed by atoms with van der Waals surface area (Å²) in [5.41, 5.74) is 0.773. The molecule has 0 saturated heterocycles. The van der Waals surface area contributed by atoms with Crippen molar-refractivity contribution in [2.45, 2.75) is 51.1 Å². The minimum atomic E-state index is -0.709. The van der Waals surface area contributed by atoms with E-state index in [4.69, 9.17) is 9.47 Å². The topological polar surface area (TPSA) is 67.9 Å². The highest BCUT2D eigenvalue weighted by atomic mass is 32.1. The van der Waals surface area contributed by atoms with Crippen LogP contribution >= 0.6 is 11.3 Å². The van der Waals surface area contributed by atoms with Crippen LogP contribution in [0.15, 0.2) is 41.8 Å². The number of thiophene rings is 1. The first-order valence-corrected chi connectivity index (χ1v) is 11.8. The lowest BCUT2D eigenvalue weighted by atomic mass is 10.0. The van der Waals surface area contributed by atoms with Gasteiger partial charge in [0.2, 0.25) is 11.8 Å². The van der Waals surface area contributed by atoms with Crippen LogP contribution < -0.4 is 10.1 Å². The molecule has 2 amide bonds. The van der Waals surface area contributed by atoms with E-state index in [1.165, 1.54) is 0 Å². The number of benzene rings is 1. The van der Waals surface area contributed by atoms with Crippen molar-refractivity contribution in [2.24, 2.45) is 0 Å². The number of rotatable bonds is 11. The van der Waals surface area contributed by atoms with Gasteiger partial charge < -0.3 is 19.7 Å². The Morgan fingerprint density at radius 3 is 2.55 bits per heavy atom. The number of amides is 2. The molecule has 31 heavy (non-hydrogen) atoms. The molecule has 1 fully saturated rings. The van der Waals surface area contributed by atoms with E-state index in [-0.39, 0.29) is 24.3 Å². The van der Waals surface area contributed by atoms with Crippen LogP contribution in [0.1, 0.15) is 49.1 Å². The van der Waals surface area contributed by atoms with Gasteiger partial charge in [0, 0.05) is 24.6 Å². The van der Waals surface area contributed by atoms with Crippen LogP contribution in [0.2, 0.25) is 0 Å². The Hall–Kier alpha value is -2.38. The molecule has 1 aliphatic rings. The lowest BCUT2D eigenvalue weighted by molar-refractivity contribution is -0.141. The van der Waals surface area contributed by atoms with E-state index in [2.05, 4.69) is 5.32 Å². The summed E-state index contributed by atoms with van der Waals surface area (Å²) < 4.78 is 10.8. The predicted molar refractivity (Wildman–Crippen MR) is 122 cm³/mol. The highest BCUT2D eigenvalue weighted by Gasteiger charge is 2.33. The lowest BCUT2D eigenvalue weighted by Crippen LogP contribution is -2.47. The molecule has 7 heteroatoms. The maximum atomic E-state index is 13.4. The second kappa shape index (κ2) is 11.9. The molecule has 1 N–H and O–H groups in total. The van der Waals surface area contributed by atoms with Gasteiger partial charge in [0.1, 0.15) is 11.8 Å². The highest BCUT2D eigenvalue weighted by Crippen LogP contribution is 2.27. The second-order valence-corrected chi connectivity index (χ2v) is 8.76. The average Bonchev–Trinajstić information content (AvgIpc) is 3.46. The Balaban J connectivity index is 1.88. The third kappa shape index (κ3) is 6.55. The molecule has 1 aliphatic carbocycles. The summed E-state index contributed by atoms with van der Waals surface area (Å²) >= 11 is 1.55. The standard InChI is InChI=1S/C24H32N2O4S/c1-3-30-20-12-10-18(11-13-20)23(24(28)25-19-7-4-5-8-19)26(14-15-29-2)22(27)17-21-9-6-16-31-21/h6,9-13,16,19,23H,3-5,7-8,14-15,17H2,1-2H3,(H,25,28)/t23-/m1/s1. The summed E-state index contributed by atoms with van der Waals surface area (Å²) in [6.45, 7) is 3.21. The van der Waals surface area contributed by atoms with Gasteiger partial charge in [-0.1, -0.05) is 31.0 Å². The fourth-order valence-electron chi connectivity index (χ4n) is 3.99. The van der Waals surface area contributed by atoms with Gasteiger partial charge in [0.05, 0.1) is 19.6 Å². The number of ether oxygens (including phenoxy) is 2. The Kier molecular flexibility index (Phi) is 8.91. The van der Waals surface area contributed by atoms with Gasteiger partial charge in [-0.3, -0.25) is 9.59 Å². The number of nitrogens with zero attached hydrogens (tertiary/aromatic N) is 1. The molecule has 0 aliphatic heterocycles. The third-order valence-corrected chi connectivity index (χ3v) is 6.41. The fourth-order valence-corrected chi connectivity index (χ4v) is 4.68. The van der Waals surface area contributed by atoms with Crippen molar-refractivity contribution in [1.29, 1.82) is 0 Å². The first-order valence-electron chi connectivity index (χ1n) is 11.0. The van der Waals surface area contributed by atoms with E-state index in [0.29, 0.717) is 19.8 Å². The first-order chi connectivity index (χ1) is 15.1. The Morgan fingerprint density at radius 1 is 1.19 bits per heavy atom. The zero-order valence-corrected chi connectivity index (χ0v) is 19.2. The highest BCUT2D eigenvalue weighted by molar-refractivity contribution is 7.10. The van der Waals surface area contributed by atoms with Crippen LogP contribution in [0, 0.1) is 0 Å². The number of methoxy groups -OCH3 is 1. The molecular formula is C24H32N2O4S. The summed E-state index contributed by atoms with van der Waals surface area (Å²) in [5, 5.41) is 5.14. The second-order valence-electron chi connectivity index (χ2n) is 7.73. The quantitative estimate of drug-likeness (QED) is 0.570. The fraction of sp³-hybridized carbons (Fsp3) is 0.500. The van der Waals surface area contributed by atoms with Crippen molar-refractivity contribution >= 4 is 23.2 Å². The molecule has 168 valence electrons. The third-order valence-electron chi connectivity index (χ3n) is 5.53. The van der Waals surface area contributed by atoms with Gasteiger partial charge >= 0.3 is 0 Å². The molecular weight excluding hydrogens is 412 g/mol. The van der Waals surface area contributed by atoms with E-state index in [0.717, 1.165) is 41.9 Å². The van der Waals surface area contributed by atoms with Crippen LogP contribution in [0.25, 0.3) is 0 Å². The van der Waals surface area contributed by atoms with Crippen LogP contribution in [0.5, 0.6) is 5.75 Å². The van der Waals surface area contributed by atoms with E-state index in [1.807, 2.05) is 48.7 Å². The van der Waals surface area contributed by atoms with Crippen LogP contribution in [0.3, 0.4) is 0 Å². The molecule has 3 rings (SSSR count). The Bertz CT molecular complexity index is 817. The van der Waals surface area contributed by atoms with Crippen LogP contribution in [0.4, 0.5) is 0 Å². The number of carbonyl (C=O) groups excluding carboxylic acids is 2. The van der Waals surface area contributed by atoms with Crippen LogP contribution in [-0.4, -0.2) is 49.6 Å². The Morgan fingerprint density at radius 2 is 1.94 bits per heavy atom. The van der Waals surface area contributed by atoms with E-state index in [9.17, 15) is 9.59 Å². The molecule has 1 atom stereocenters. The normalized spacial score (nSPS) is 14.9. The maximum Gasteiger partial charge on any atom is 0.247 e. The maximum absolute atomic E-state index is 13.4. The van der Waals surface area contributed by atoms with Crippen molar-refractivity contribution in [3.05, 3.63) is 52.2 Å². The molecule has 0 radical (unpaired) electrons. The number of hydrogen-bond acceptors (Lipinski definition) is 5.